The first kappa shape index (κ1) is 32.2. The van der Waals surface area contributed by atoms with Gasteiger partial charge in [0.05, 0.1) is 16.8 Å². The van der Waals surface area contributed by atoms with E-state index in [1.807, 2.05) is 48.5 Å². The summed E-state index contributed by atoms with van der Waals surface area (Å²) in [6.45, 7) is 21.7. The van der Waals surface area contributed by atoms with Crippen LogP contribution in [0.2, 0.25) is 0 Å². The van der Waals surface area contributed by atoms with Gasteiger partial charge in [-0.25, -0.2) is 15.0 Å². The van der Waals surface area contributed by atoms with E-state index in [-0.39, 0.29) is 10.8 Å². The summed E-state index contributed by atoms with van der Waals surface area (Å²) in [4.78, 5) is 15.5. The molecule has 1 fully saturated rings. The van der Waals surface area contributed by atoms with Crippen LogP contribution in [-0.4, -0.2) is 33.3 Å². The Kier molecular flexibility index (Phi) is 7.46. The van der Waals surface area contributed by atoms with Crippen LogP contribution in [0.15, 0.2) is 89.3 Å². The van der Waals surface area contributed by atoms with Crippen molar-refractivity contribution in [1.29, 1.82) is 0 Å². The summed E-state index contributed by atoms with van der Waals surface area (Å²) in [5.74, 6) is 1.74. The fourth-order valence-corrected chi connectivity index (χ4v) is 6.10. The van der Waals surface area contributed by atoms with Gasteiger partial charge in [-0.2, -0.15) is 0 Å². The van der Waals surface area contributed by atoms with Crippen molar-refractivity contribution < 1.29 is 13.7 Å². The van der Waals surface area contributed by atoms with Crippen LogP contribution in [0.1, 0.15) is 80.4 Å². The van der Waals surface area contributed by atoms with Gasteiger partial charge >= 0.3 is 7.12 Å². The largest absolute Gasteiger partial charge is 0.494 e. The van der Waals surface area contributed by atoms with Crippen molar-refractivity contribution in [3.63, 3.8) is 0 Å². The maximum absolute atomic E-state index is 6.45. The first-order chi connectivity index (χ1) is 22.5. The number of rotatable bonds is 4. The molecule has 0 radical (unpaired) electrons. The maximum atomic E-state index is 6.45. The summed E-state index contributed by atoms with van der Waals surface area (Å²) in [5.41, 5.74) is 6.57. The second-order valence-electron chi connectivity index (χ2n) is 16.1. The van der Waals surface area contributed by atoms with Crippen LogP contribution >= 0.6 is 0 Å². The van der Waals surface area contributed by atoms with E-state index in [0.29, 0.717) is 17.5 Å². The molecule has 0 aliphatic carbocycles. The predicted molar refractivity (Wildman–Crippen MR) is 197 cm³/mol. The lowest BCUT2D eigenvalue weighted by atomic mass is 9.78. The third kappa shape index (κ3) is 5.73. The molecule has 0 saturated carbocycles. The molecule has 6 nitrogen and oxygen atoms in total. The highest BCUT2D eigenvalue weighted by Gasteiger charge is 2.51. The van der Waals surface area contributed by atoms with Crippen LogP contribution < -0.4 is 5.46 Å². The molecule has 7 rings (SSSR count). The standard InChI is InChI=1S/C41H44BN3O3/c1-38(2,3)27-21-26(22-28(24-27)39(4,5)6)36-43-35(25-15-13-16-29(23-25)42-47-40(7,8)41(9,10)48-42)44-37(45-36)32-19-14-18-31-30-17-11-12-20-33(30)46-34(31)32/h11-24H,1-10H3. The first-order valence-electron chi connectivity index (χ1n) is 16.8. The Labute approximate surface area is 284 Å². The molecule has 48 heavy (non-hydrogen) atoms. The number of furan rings is 1. The zero-order valence-corrected chi connectivity index (χ0v) is 29.7. The molecule has 1 saturated heterocycles. The van der Waals surface area contributed by atoms with Gasteiger partial charge in [0.25, 0.3) is 0 Å². The van der Waals surface area contributed by atoms with Gasteiger partial charge in [0.2, 0.25) is 0 Å². The number of hydrogen-bond acceptors (Lipinski definition) is 6. The van der Waals surface area contributed by atoms with Gasteiger partial charge in [-0.1, -0.05) is 102 Å². The van der Waals surface area contributed by atoms with Crippen molar-refractivity contribution in [2.24, 2.45) is 0 Å². The van der Waals surface area contributed by atoms with Crippen molar-refractivity contribution >= 4 is 34.5 Å². The molecule has 1 aliphatic rings. The lowest BCUT2D eigenvalue weighted by Gasteiger charge is -2.32. The molecule has 0 amide bonds. The molecule has 2 aromatic heterocycles. The van der Waals surface area contributed by atoms with E-state index < -0.39 is 18.3 Å². The summed E-state index contributed by atoms with van der Waals surface area (Å²) in [7, 11) is -0.502. The maximum Gasteiger partial charge on any atom is 0.494 e. The van der Waals surface area contributed by atoms with E-state index in [1.54, 1.807) is 0 Å². The number of benzene rings is 4. The molecule has 0 atom stereocenters. The van der Waals surface area contributed by atoms with Crippen LogP contribution in [0.5, 0.6) is 0 Å². The second kappa shape index (κ2) is 11.1. The zero-order chi connectivity index (χ0) is 34.2. The SMILES string of the molecule is CC(C)(C)c1cc(-c2nc(-c3cccc(B4OC(C)(C)C(C)(C)O4)c3)nc(-c3cccc4c3oc3ccccc34)n2)cc(C(C)(C)C)c1. The Morgan fingerprint density at radius 2 is 1.12 bits per heavy atom. The Bertz CT molecular complexity index is 2140. The highest BCUT2D eigenvalue weighted by atomic mass is 16.7. The molecule has 3 heterocycles. The van der Waals surface area contributed by atoms with Gasteiger partial charge in [-0.3, -0.25) is 0 Å². The fraction of sp³-hybridized carbons (Fsp3) is 0.341. The van der Waals surface area contributed by atoms with Gasteiger partial charge in [0, 0.05) is 21.9 Å². The predicted octanol–water partition coefficient (Wildman–Crippen LogP) is 9.67. The third-order valence-electron chi connectivity index (χ3n) is 9.87. The number of para-hydroxylation sites is 2. The van der Waals surface area contributed by atoms with Gasteiger partial charge in [-0.05, 0) is 79.4 Å². The number of fused-ring (bicyclic) bond motifs is 3. The molecule has 0 bridgehead atoms. The second-order valence-corrected chi connectivity index (χ2v) is 16.1. The fourth-order valence-electron chi connectivity index (χ4n) is 6.10. The zero-order valence-electron chi connectivity index (χ0n) is 29.7. The van der Waals surface area contributed by atoms with Crippen LogP contribution in [0, 0.1) is 0 Å². The smallest absolute Gasteiger partial charge is 0.455 e. The minimum atomic E-state index is -0.502. The van der Waals surface area contributed by atoms with Crippen molar-refractivity contribution in [3.05, 3.63) is 96.1 Å². The summed E-state index contributed by atoms with van der Waals surface area (Å²) in [5, 5.41) is 2.09. The van der Waals surface area contributed by atoms with Gasteiger partial charge < -0.3 is 13.7 Å². The summed E-state index contributed by atoms with van der Waals surface area (Å²) < 4.78 is 19.3. The molecule has 0 spiro atoms. The van der Waals surface area contributed by atoms with Crippen molar-refractivity contribution in [2.75, 3.05) is 0 Å². The first-order valence-corrected chi connectivity index (χ1v) is 16.8. The molecular weight excluding hydrogens is 593 g/mol. The van der Waals surface area contributed by atoms with Crippen molar-refractivity contribution in [1.82, 2.24) is 15.0 Å². The normalized spacial score (nSPS) is 16.2. The van der Waals surface area contributed by atoms with Gasteiger partial charge in [-0.15, -0.1) is 0 Å². The highest BCUT2D eigenvalue weighted by molar-refractivity contribution is 6.62. The van der Waals surface area contributed by atoms with Crippen LogP contribution in [0.25, 0.3) is 56.1 Å². The van der Waals surface area contributed by atoms with E-state index in [9.17, 15) is 0 Å². The van der Waals surface area contributed by atoms with Gasteiger partial charge in [0.15, 0.2) is 17.5 Å². The van der Waals surface area contributed by atoms with Crippen LogP contribution in [0.3, 0.4) is 0 Å². The molecular formula is C41H44BN3O3. The summed E-state index contributed by atoms with van der Waals surface area (Å²) >= 11 is 0. The minimum Gasteiger partial charge on any atom is -0.455 e. The van der Waals surface area contributed by atoms with Crippen LogP contribution in [0.4, 0.5) is 0 Å². The van der Waals surface area contributed by atoms with E-state index in [2.05, 4.69) is 106 Å². The summed E-state index contributed by atoms with van der Waals surface area (Å²) in [6, 6.07) is 29.2. The number of aromatic nitrogens is 3. The lowest BCUT2D eigenvalue weighted by molar-refractivity contribution is 0.00578. The quantitative estimate of drug-likeness (QED) is 0.179. The number of nitrogens with zero attached hydrogens (tertiary/aromatic N) is 3. The highest BCUT2D eigenvalue weighted by Crippen LogP contribution is 2.39. The Morgan fingerprint density at radius 3 is 1.77 bits per heavy atom. The minimum absolute atomic E-state index is 0.0638. The molecule has 0 N–H and O–H groups in total. The van der Waals surface area contributed by atoms with Crippen molar-refractivity contribution in [3.8, 4) is 34.2 Å². The molecule has 244 valence electrons. The average molecular weight is 638 g/mol. The molecule has 4 aromatic carbocycles. The Morgan fingerprint density at radius 1 is 0.562 bits per heavy atom. The Hall–Kier alpha value is -4.33. The van der Waals surface area contributed by atoms with Crippen molar-refractivity contribution in [2.45, 2.75) is 91.3 Å². The molecule has 7 heteroatoms. The van der Waals surface area contributed by atoms with Crippen LogP contribution in [-0.2, 0) is 20.1 Å². The van der Waals surface area contributed by atoms with E-state index in [0.717, 1.165) is 44.1 Å². The van der Waals surface area contributed by atoms with Gasteiger partial charge in [0.1, 0.15) is 11.2 Å². The third-order valence-corrected chi connectivity index (χ3v) is 9.87. The average Bonchev–Trinajstić information content (AvgIpc) is 3.52. The Balaban J connectivity index is 1.45. The lowest BCUT2D eigenvalue weighted by Crippen LogP contribution is -2.41. The molecule has 0 unspecified atom stereocenters. The monoisotopic (exact) mass is 637 g/mol. The summed E-state index contributed by atoms with van der Waals surface area (Å²) in [6.07, 6.45) is 0. The van der Waals surface area contributed by atoms with E-state index in [1.165, 1.54) is 11.1 Å². The molecule has 1 aliphatic heterocycles. The topological polar surface area (TPSA) is 70.3 Å². The number of hydrogen-bond donors (Lipinski definition) is 0. The van der Waals surface area contributed by atoms with E-state index >= 15 is 0 Å². The van der Waals surface area contributed by atoms with E-state index in [4.69, 9.17) is 28.7 Å². The molecule has 6 aromatic rings.